The number of imidazole rings is 1. The number of hydrazone groups is 1. The predicted molar refractivity (Wildman–Crippen MR) is 113 cm³/mol. The van der Waals surface area contributed by atoms with Crippen molar-refractivity contribution in [2.75, 3.05) is 11.6 Å². The molecule has 0 saturated carbocycles. The van der Waals surface area contributed by atoms with Gasteiger partial charge in [0.05, 0.1) is 0 Å². The van der Waals surface area contributed by atoms with Crippen molar-refractivity contribution in [1.82, 2.24) is 9.55 Å². The van der Waals surface area contributed by atoms with E-state index in [1.165, 1.54) is 17.8 Å². The fourth-order valence-electron chi connectivity index (χ4n) is 3.46. The molecule has 0 fully saturated rings. The Morgan fingerprint density at radius 3 is 2.62 bits per heavy atom. The molecular formula is C21H21F2N5S. The van der Waals surface area contributed by atoms with Crippen LogP contribution in [-0.2, 0) is 11.9 Å². The quantitative estimate of drug-likeness (QED) is 0.658. The van der Waals surface area contributed by atoms with Gasteiger partial charge >= 0.3 is 0 Å². The van der Waals surface area contributed by atoms with Crippen molar-refractivity contribution in [3.63, 3.8) is 0 Å². The van der Waals surface area contributed by atoms with E-state index in [9.17, 15) is 8.78 Å². The van der Waals surface area contributed by atoms with Gasteiger partial charge in [0.25, 0.3) is 0 Å². The molecule has 0 spiro atoms. The minimum atomic E-state index is -0.673. The van der Waals surface area contributed by atoms with Crippen molar-refractivity contribution < 1.29 is 8.78 Å². The number of anilines is 1. The zero-order valence-electron chi connectivity index (χ0n) is 15.9. The second-order valence-electron chi connectivity index (χ2n) is 6.82. The van der Waals surface area contributed by atoms with Gasteiger partial charge in [0, 0.05) is 25.0 Å². The molecule has 3 aromatic rings. The van der Waals surface area contributed by atoms with E-state index in [1.807, 2.05) is 53.2 Å². The summed E-state index contributed by atoms with van der Waals surface area (Å²) in [5.41, 5.74) is 6.97. The van der Waals surface area contributed by atoms with Gasteiger partial charge < -0.3 is 10.3 Å². The largest absolute Gasteiger partial charge is 0.330 e. The number of hydrogen-bond acceptors (Lipinski definition) is 5. The fourth-order valence-corrected chi connectivity index (χ4v) is 4.87. The molecule has 0 amide bonds. The maximum Gasteiger partial charge on any atom is 0.227 e. The Morgan fingerprint density at radius 1 is 1.14 bits per heavy atom. The number of aryl methyl sites for hydroxylation is 1. The molecule has 0 bridgehead atoms. The van der Waals surface area contributed by atoms with Crippen molar-refractivity contribution in [2.45, 2.75) is 17.7 Å². The SMILES string of the molecule is Cn1ccnc1N1N=C(c2cc(F)ccc2F)SC1(CCCN)c1ccccc1. The van der Waals surface area contributed by atoms with Crippen molar-refractivity contribution in [2.24, 2.45) is 17.9 Å². The predicted octanol–water partition coefficient (Wildman–Crippen LogP) is 4.21. The first-order valence-electron chi connectivity index (χ1n) is 9.31. The highest BCUT2D eigenvalue weighted by atomic mass is 32.2. The Labute approximate surface area is 172 Å². The van der Waals surface area contributed by atoms with Crippen molar-refractivity contribution in [1.29, 1.82) is 0 Å². The molecule has 0 aliphatic carbocycles. The van der Waals surface area contributed by atoms with Gasteiger partial charge in [-0.1, -0.05) is 42.1 Å². The number of aromatic nitrogens is 2. The summed E-state index contributed by atoms with van der Waals surface area (Å²) in [6.45, 7) is 0.507. The highest BCUT2D eigenvalue weighted by molar-refractivity contribution is 8.15. The van der Waals surface area contributed by atoms with Crippen LogP contribution in [0, 0.1) is 11.6 Å². The molecule has 5 nitrogen and oxygen atoms in total. The van der Waals surface area contributed by atoms with E-state index in [2.05, 4.69) is 4.98 Å². The summed E-state index contributed by atoms with van der Waals surface area (Å²) in [5.74, 6) is -0.405. The number of nitrogens with zero attached hydrogens (tertiary/aromatic N) is 4. The molecule has 1 atom stereocenters. The lowest BCUT2D eigenvalue weighted by Crippen LogP contribution is -2.39. The highest BCUT2D eigenvalue weighted by Crippen LogP contribution is 2.51. The molecule has 8 heteroatoms. The number of benzene rings is 2. The Bertz CT molecular complexity index is 1040. The molecule has 2 N–H and O–H groups in total. The summed E-state index contributed by atoms with van der Waals surface area (Å²) in [7, 11) is 1.88. The van der Waals surface area contributed by atoms with Crippen molar-refractivity contribution in [3.8, 4) is 0 Å². The summed E-state index contributed by atoms with van der Waals surface area (Å²) in [5, 5.41) is 6.94. The fraction of sp³-hybridized carbons (Fsp3) is 0.238. The third-order valence-electron chi connectivity index (χ3n) is 4.89. The lowest BCUT2D eigenvalue weighted by Gasteiger charge is -2.36. The van der Waals surface area contributed by atoms with E-state index in [-0.39, 0.29) is 5.56 Å². The summed E-state index contributed by atoms with van der Waals surface area (Å²) >= 11 is 1.40. The van der Waals surface area contributed by atoms with Crippen LogP contribution in [0.25, 0.3) is 0 Å². The van der Waals surface area contributed by atoms with Gasteiger partial charge in [-0.3, -0.25) is 0 Å². The van der Waals surface area contributed by atoms with E-state index in [1.54, 1.807) is 6.20 Å². The lowest BCUT2D eigenvalue weighted by atomic mass is 10.0. The Hall–Kier alpha value is -2.71. The van der Waals surface area contributed by atoms with Gasteiger partial charge in [0.1, 0.15) is 21.5 Å². The third kappa shape index (κ3) is 3.54. The summed E-state index contributed by atoms with van der Waals surface area (Å²) in [6, 6.07) is 13.3. The molecule has 1 unspecified atom stereocenters. The Balaban J connectivity index is 1.89. The topological polar surface area (TPSA) is 59.4 Å². The molecule has 2 heterocycles. The van der Waals surface area contributed by atoms with E-state index >= 15 is 0 Å². The van der Waals surface area contributed by atoms with Gasteiger partial charge in [0.2, 0.25) is 5.95 Å². The number of rotatable bonds is 6. The Kier molecular flexibility index (Phi) is 5.38. The minimum absolute atomic E-state index is 0.139. The first-order valence-corrected chi connectivity index (χ1v) is 10.1. The summed E-state index contributed by atoms with van der Waals surface area (Å²) in [4.78, 5) is 3.79. The van der Waals surface area contributed by atoms with Gasteiger partial charge in [-0.15, -0.1) is 0 Å². The van der Waals surface area contributed by atoms with Crippen LogP contribution in [0.4, 0.5) is 14.7 Å². The van der Waals surface area contributed by atoms with E-state index in [4.69, 9.17) is 10.8 Å². The average molecular weight is 413 g/mol. The third-order valence-corrected chi connectivity index (χ3v) is 6.33. The van der Waals surface area contributed by atoms with E-state index in [0.29, 0.717) is 24.0 Å². The van der Waals surface area contributed by atoms with Crippen LogP contribution in [0.2, 0.25) is 0 Å². The van der Waals surface area contributed by atoms with Crippen LogP contribution >= 0.6 is 11.8 Å². The zero-order chi connectivity index (χ0) is 20.4. The minimum Gasteiger partial charge on any atom is -0.330 e. The number of hydrogen-bond donors (Lipinski definition) is 1. The van der Waals surface area contributed by atoms with Gasteiger partial charge in [-0.25, -0.2) is 18.8 Å². The van der Waals surface area contributed by atoms with Crippen molar-refractivity contribution in [3.05, 3.63) is 83.7 Å². The van der Waals surface area contributed by atoms with Crippen LogP contribution in [0.15, 0.2) is 66.0 Å². The molecular weight excluding hydrogens is 392 g/mol. The smallest absolute Gasteiger partial charge is 0.227 e. The van der Waals surface area contributed by atoms with Crippen LogP contribution < -0.4 is 10.7 Å². The lowest BCUT2D eigenvalue weighted by molar-refractivity contribution is 0.513. The molecule has 1 aliphatic rings. The zero-order valence-corrected chi connectivity index (χ0v) is 16.7. The molecule has 150 valence electrons. The normalized spacial score (nSPS) is 18.9. The first kappa shape index (κ1) is 19.6. The molecule has 1 aromatic heterocycles. The van der Waals surface area contributed by atoms with Crippen molar-refractivity contribution >= 4 is 22.8 Å². The molecule has 1 aliphatic heterocycles. The number of nitrogens with two attached hydrogens (primary N) is 1. The summed E-state index contributed by atoms with van der Waals surface area (Å²) < 4.78 is 30.3. The molecule has 2 aromatic carbocycles. The molecule has 29 heavy (non-hydrogen) atoms. The van der Waals surface area contributed by atoms with Crippen LogP contribution in [0.5, 0.6) is 0 Å². The average Bonchev–Trinajstić information content (AvgIpc) is 3.33. The van der Waals surface area contributed by atoms with Gasteiger partial charge in [-0.2, -0.15) is 5.10 Å². The monoisotopic (exact) mass is 413 g/mol. The number of thioether (sulfide) groups is 1. The highest BCUT2D eigenvalue weighted by Gasteiger charge is 2.47. The maximum absolute atomic E-state index is 14.6. The molecule has 0 saturated heterocycles. The molecule has 4 rings (SSSR count). The molecule has 0 radical (unpaired) electrons. The van der Waals surface area contributed by atoms with Crippen LogP contribution in [0.3, 0.4) is 0 Å². The van der Waals surface area contributed by atoms with Gasteiger partial charge in [-0.05, 0) is 43.1 Å². The summed E-state index contributed by atoms with van der Waals surface area (Å²) in [6.07, 6.45) is 4.91. The van der Waals surface area contributed by atoms with Crippen LogP contribution in [-0.4, -0.2) is 21.1 Å². The van der Waals surface area contributed by atoms with Crippen LogP contribution in [0.1, 0.15) is 24.0 Å². The second kappa shape index (κ2) is 7.96. The first-order chi connectivity index (χ1) is 14.0. The van der Waals surface area contributed by atoms with Gasteiger partial charge in [0.15, 0.2) is 0 Å². The maximum atomic E-state index is 14.6. The standard InChI is InChI=1S/C21H21F2N5S/c1-27-13-12-25-20(27)28-21(10-5-11-24,15-6-3-2-4-7-15)29-19(26-28)17-14-16(22)8-9-18(17)23/h2-4,6-9,12-14H,5,10-11,24H2,1H3. The second-order valence-corrected chi connectivity index (χ2v) is 8.09. The Morgan fingerprint density at radius 2 is 1.93 bits per heavy atom. The van der Waals surface area contributed by atoms with E-state index < -0.39 is 16.5 Å². The van der Waals surface area contributed by atoms with E-state index in [0.717, 1.165) is 24.1 Å². The number of halogens is 2.